The lowest BCUT2D eigenvalue weighted by Crippen LogP contribution is -2.28. The van der Waals surface area contributed by atoms with Gasteiger partial charge in [0.05, 0.1) is 6.61 Å². The van der Waals surface area contributed by atoms with Gasteiger partial charge >= 0.3 is 11.9 Å². The number of hydrogen-bond acceptors (Lipinski definition) is 5. The molecule has 0 spiro atoms. The predicted octanol–water partition coefficient (Wildman–Crippen LogP) is 25.0. The Bertz CT molecular complexity index is 1530. The molecule has 474 valence electrons. The molecule has 1 N–H and O–H groups in total. The largest absolute Gasteiger partial charge is 0.462 e. The fourth-order valence-electron chi connectivity index (χ4n) is 10.5. The lowest BCUT2D eigenvalue weighted by Gasteiger charge is -2.15. The van der Waals surface area contributed by atoms with Crippen molar-refractivity contribution in [1.82, 2.24) is 0 Å². The summed E-state index contributed by atoms with van der Waals surface area (Å²) >= 11 is 0. The Kier molecular flexibility index (Phi) is 69.3. The van der Waals surface area contributed by atoms with Crippen molar-refractivity contribution in [2.75, 3.05) is 13.2 Å². The summed E-state index contributed by atoms with van der Waals surface area (Å²) in [5.41, 5.74) is 0. The second-order valence-corrected chi connectivity index (χ2v) is 23.9. The molecule has 0 bridgehead atoms. The summed E-state index contributed by atoms with van der Waals surface area (Å²) in [5.74, 6) is -0.587. The molecule has 1 unspecified atom stereocenters. The number of ether oxygens (including phenoxy) is 2. The van der Waals surface area contributed by atoms with Crippen LogP contribution in [-0.2, 0) is 19.1 Å². The van der Waals surface area contributed by atoms with E-state index in [0.29, 0.717) is 12.8 Å². The Balaban J connectivity index is 3.45. The van der Waals surface area contributed by atoms with E-state index in [9.17, 15) is 14.7 Å². The van der Waals surface area contributed by atoms with Gasteiger partial charge in [0.2, 0.25) is 0 Å². The molecule has 0 aromatic rings. The zero-order valence-electron chi connectivity index (χ0n) is 54.5. The van der Waals surface area contributed by atoms with Crippen molar-refractivity contribution in [3.63, 3.8) is 0 Å². The molecule has 5 nitrogen and oxygen atoms in total. The standard InChI is InChI=1S/C77H136O5/c1-3-5-7-9-11-13-15-17-19-21-23-25-27-29-31-33-35-36-37-38-39-40-42-43-45-47-49-51-53-55-57-59-61-63-65-67-69-71-76(79)81-74-75(73-78)82-77(80)72-70-68-66-64-62-60-58-56-54-52-50-48-46-44-41-34-32-30-28-26-24-22-20-18-16-14-12-10-8-6-4-2/h6,8,12,14,18,20-21,23-24,26,30,32,41,44,48,50,75,78H,3-5,7,9-11,13,15-17,19,22,25,27-29,31,33-40,42-43,45-47,49,51-74H2,1-2H3/b8-6-,14-12-,20-18-,23-21-,26-24-,32-30-,44-41-,50-48-. The first-order chi connectivity index (χ1) is 40.6. The minimum absolute atomic E-state index is 0.0691. The summed E-state index contributed by atoms with van der Waals surface area (Å²) in [6.45, 7) is 4.06. The maximum atomic E-state index is 12.4. The highest BCUT2D eigenvalue weighted by Gasteiger charge is 2.16. The van der Waals surface area contributed by atoms with Gasteiger partial charge in [-0.25, -0.2) is 0 Å². The molecule has 0 saturated heterocycles. The van der Waals surface area contributed by atoms with E-state index in [-0.39, 0.29) is 25.2 Å². The first-order valence-electron chi connectivity index (χ1n) is 35.8. The highest BCUT2D eigenvalue weighted by Crippen LogP contribution is 2.18. The maximum absolute atomic E-state index is 12.4. The molecule has 0 fully saturated rings. The Morgan fingerprint density at radius 2 is 0.524 bits per heavy atom. The van der Waals surface area contributed by atoms with Crippen LogP contribution in [0.4, 0.5) is 0 Å². The summed E-state index contributed by atoms with van der Waals surface area (Å²) in [6, 6.07) is 0. The highest BCUT2D eigenvalue weighted by atomic mass is 16.6. The van der Waals surface area contributed by atoms with Gasteiger partial charge in [0.1, 0.15) is 6.61 Å². The zero-order chi connectivity index (χ0) is 59.1. The quantitative estimate of drug-likeness (QED) is 0.0373. The number of carbonyl (C=O) groups is 2. The van der Waals surface area contributed by atoms with Crippen molar-refractivity contribution in [3.05, 3.63) is 97.2 Å². The van der Waals surface area contributed by atoms with Crippen LogP contribution in [-0.4, -0.2) is 36.4 Å². The number of unbranched alkanes of at least 4 members (excludes halogenated alkanes) is 42. The molecule has 0 aliphatic carbocycles. The monoisotopic (exact) mass is 1140 g/mol. The minimum Gasteiger partial charge on any atom is -0.462 e. The first-order valence-corrected chi connectivity index (χ1v) is 35.8. The third-order valence-electron chi connectivity index (χ3n) is 15.9. The Morgan fingerprint density at radius 3 is 0.805 bits per heavy atom. The summed E-state index contributed by atoms with van der Waals surface area (Å²) in [6.07, 6.45) is 103. The normalized spacial score (nSPS) is 12.8. The van der Waals surface area contributed by atoms with Crippen LogP contribution < -0.4 is 0 Å². The second-order valence-electron chi connectivity index (χ2n) is 23.9. The number of carbonyl (C=O) groups excluding carboxylic acids is 2. The predicted molar refractivity (Wildman–Crippen MR) is 362 cm³/mol. The van der Waals surface area contributed by atoms with E-state index in [4.69, 9.17) is 9.47 Å². The van der Waals surface area contributed by atoms with Gasteiger partial charge in [-0.3, -0.25) is 9.59 Å². The lowest BCUT2D eigenvalue weighted by molar-refractivity contribution is -0.161. The van der Waals surface area contributed by atoms with Crippen LogP contribution in [0, 0.1) is 0 Å². The van der Waals surface area contributed by atoms with Gasteiger partial charge in [-0.15, -0.1) is 0 Å². The number of hydrogen-bond donors (Lipinski definition) is 1. The zero-order valence-corrected chi connectivity index (χ0v) is 54.5. The van der Waals surface area contributed by atoms with Gasteiger partial charge < -0.3 is 14.6 Å². The fourth-order valence-corrected chi connectivity index (χ4v) is 10.5. The molecule has 0 aromatic heterocycles. The van der Waals surface area contributed by atoms with Gasteiger partial charge in [0, 0.05) is 12.8 Å². The highest BCUT2D eigenvalue weighted by molar-refractivity contribution is 5.70. The Morgan fingerprint density at radius 1 is 0.293 bits per heavy atom. The van der Waals surface area contributed by atoms with E-state index in [2.05, 4.69) is 111 Å². The van der Waals surface area contributed by atoms with Crippen molar-refractivity contribution in [2.45, 2.75) is 367 Å². The first kappa shape index (κ1) is 78.8. The van der Waals surface area contributed by atoms with Gasteiger partial charge in [-0.1, -0.05) is 349 Å². The molecule has 0 radical (unpaired) electrons. The van der Waals surface area contributed by atoms with Crippen LogP contribution in [0.1, 0.15) is 361 Å². The van der Waals surface area contributed by atoms with Gasteiger partial charge in [-0.2, -0.15) is 0 Å². The van der Waals surface area contributed by atoms with Gasteiger partial charge in [0.25, 0.3) is 0 Å². The lowest BCUT2D eigenvalue weighted by atomic mass is 10.0. The van der Waals surface area contributed by atoms with Crippen LogP contribution in [0.25, 0.3) is 0 Å². The van der Waals surface area contributed by atoms with Gasteiger partial charge in [-0.05, 0) is 96.3 Å². The van der Waals surface area contributed by atoms with E-state index in [1.807, 2.05) is 0 Å². The minimum atomic E-state index is -0.781. The van der Waals surface area contributed by atoms with Gasteiger partial charge in [0.15, 0.2) is 6.10 Å². The number of allylic oxidation sites excluding steroid dienone is 16. The van der Waals surface area contributed by atoms with Crippen LogP contribution in [0.3, 0.4) is 0 Å². The number of esters is 2. The van der Waals surface area contributed by atoms with E-state index in [0.717, 1.165) is 89.9 Å². The van der Waals surface area contributed by atoms with Crippen molar-refractivity contribution in [2.24, 2.45) is 0 Å². The molecule has 0 saturated carbocycles. The summed E-state index contributed by atoms with van der Waals surface area (Å²) in [5, 5.41) is 9.70. The smallest absolute Gasteiger partial charge is 0.306 e. The van der Waals surface area contributed by atoms with Crippen molar-refractivity contribution in [1.29, 1.82) is 0 Å². The molecule has 0 heterocycles. The molecule has 1 atom stereocenters. The van der Waals surface area contributed by atoms with Crippen molar-refractivity contribution in [3.8, 4) is 0 Å². The molecule has 0 aromatic carbocycles. The van der Waals surface area contributed by atoms with Crippen molar-refractivity contribution < 1.29 is 24.2 Å². The molecular formula is C77H136O5. The second kappa shape index (κ2) is 72.1. The van der Waals surface area contributed by atoms with E-state index >= 15 is 0 Å². The van der Waals surface area contributed by atoms with Crippen LogP contribution in [0.15, 0.2) is 97.2 Å². The topological polar surface area (TPSA) is 72.8 Å². The fraction of sp³-hybridized carbons (Fsp3) is 0.766. The Hall–Kier alpha value is -3.18. The molecule has 0 aliphatic rings. The average molecular weight is 1140 g/mol. The third kappa shape index (κ3) is 69.3. The average Bonchev–Trinajstić information content (AvgIpc) is 3.49. The number of rotatable bonds is 66. The van der Waals surface area contributed by atoms with Crippen molar-refractivity contribution >= 4 is 11.9 Å². The SMILES string of the molecule is CC/C=C\C/C=C\C/C=C\C/C=C\C/C=C\C/C=C\C/C=C\CCCCCCCCCCCC(=O)OC(CO)COC(=O)CCCCCCCCCCCCCCCCCCCCCCCCCCC/C=C\CCCCCCCCCC. The molecule has 82 heavy (non-hydrogen) atoms. The van der Waals surface area contributed by atoms with Crippen LogP contribution in [0.2, 0.25) is 0 Å². The number of aliphatic hydroxyl groups excluding tert-OH is 1. The molecule has 0 aliphatic heterocycles. The summed E-state index contributed by atoms with van der Waals surface area (Å²) < 4.78 is 10.8. The van der Waals surface area contributed by atoms with Crippen LogP contribution in [0.5, 0.6) is 0 Å². The molecule has 0 amide bonds. The third-order valence-corrected chi connectivity index (χ3v) is 15.9. The van der Waals surface area contributed by atoms with Crippen LogP contribution >= 0.6 is 0 Å². The summed E-state index contributed by atoms with van der Waals surface area (Å²) in [7, 11) is 0. The van der Waals surface area contributed by atoms with E-state index in [1.54, 1.807) is 0 Å². The molecule has 0 rings (SSSR count). The number of aliphatic hydroxyl groups is 1. The molecule has 5 heteroatoms. The van der Waals surface area contributed by atoms with E-state index in [1.165, 1.54) is 244 Å². The molecular weight excluding hydrogens is 1000 g/mol. The van der Waals surface area contributed by atoms with E-state index < -0.39 is 6.10 Å². The Labute approximate surface area is 510 Å². The maximum Gasteiger partial charge on any atom is 0.306 e. The summed E-state index contributed by atoms with van der Waals surface area (Å²) in [4.78, 5) is 24.7.